The summed E-state index contributed by atoms with van der Waals surface area (Å²) in [5.74, 6) is 0. The van der Waals surface area contributed by atoms with Gasteiger partial charge in [-0.05, 0) is 7.05 Å². The molecule has 0 aromatic heterocycles. The standard InChI is InChI=1S/C6H11BrF3N/c1-5(7)3-11(2)4-6(8,9)10/h5H,3-4H2,1-2H3. The normalized spacial score (nSPS) is 15.5. The first-order valence-corrected chi connectivity index (χ1v) is 4.12. The van der Waals surface area contributed by atoms with Crippen molar-refractivity contribution in [1.82, 2.24) is 4.90 Å². The molecule has 68 valence electrons. The lowest BCUT2D eigenvalue weighted by molar-refractivity contribution is -0.142. The molecule has 0 fully saturated rings. The Morgan fingerprint density at radius 2 is 1.91 bits per heavy atom. The average Bonchev–Trinajstić information content (AvgIpc) is 1.53. The van der Waals surface area contributed by atoms with Gasteiger partial charge in [0, 0.05) is 11.4 Å². The van der Waals surface area contributed by atoms with Gasteiger partial charge in [-0.15, -0.1) is 0 Å². The molecule has 0 aliphatic heterocycles. The van der Waals surface area contributed by atoms with Crippen LogP contribution in [0.3, 0.4) is 0 Å². The first-order chi connectivity index (χ1) is 4.81. The number of halogens is 4. The van der Waals surface area contributed by atoms with Crippen LogP contribution in [0.15, 0.2) is 0 Å². The zero-order valence-electron chi connectivity index (χ0n) is 6.45. The molecule has 1 atom stereocenters. The molecule has 0 heterocycles. The second kappa shape index (κ2) is 4.30. The predicted molar refractivity (Wildman–Crippen MR) is 41.9 cm³/mol. The van der Waals surface area contributed by atoms with Crippen molar-refractivity contribution >= 4 is 15.9 Å². The van der Waals surface area contributed by atoms with Gasteiger partial charge in [0.25, 0.3) is 0 Å². The van der Waals surface area contributed by atoms with E-state index in [1.807, 2.05) is 6.92 Å². The topological polar surface area (TPSA) is 3.24 Å². The van der Waals surface area contributed by atoms with Crippen molar-refractivity contribution in [3.05, 3.63) is 0 Å². The molecule has 0 aromatic rings. The second-order valence-electron chi connectivity index (χ2n) is 2.59. The predicted octanol–water partition coefficient (Wildman–Crippen LogP) is 2.26. The minimum Gasteiger partial charge on any atom is -0.297 e. The summed E-state index contributed by atoms with van der Waals surface area (Å²) >= 11 is 3.17. The van der Waals surface area contributed by atoms with Gasteiger partial charge in [0.05, 0.1) is 6.54 Å². The Morgan fingerprint density at radius 3 is 2.18 bits per heavy atom. The van der Waals surface area contributed by atoms with E-state index in [9.17, 15) is 13.2 Å². The van der Waals surface area contributed by atoms with Crippen LogP contribution in [0.25, 0.3) is 0 Å². The fraction of sp³-hybridized carbons (Fsp3) is 1.00. The molecule has 0 aliphatic carbocycles. The van der Waals surface area contributed by atoms with Crippen LogP contribution in [0, 0.1) is 0 Å². The number of alkyl halides is 4. The smallest absolute Gasteiger partial charge is 0.297 e. The second-order valence-corrected chi connectivity index (χ2v) is 4.16. The molecule has 1 unspecified atom stereocenters. The third-order valence-corrected chi connectivity index (χ3v) is 1.30. The lowest BCUT2D eigenvalue weighted by atomic mass is 10.4. The lowest BCUT2D eigenvalue weighted by Gasteiger charge is -2.19. The molecule has 5 heteroatoms. The summed E-state index contributed by atoms with van der Waals surface area (Å²) in [5, 5.41) is 0. The van der Waals surface area contributed by atoms with Crippen LogP contribution >= 0.6 is 15.9 Å². The van der Waals surface area contributed by atoms with Gasteiger partial charge < -0.3 is 0 Å². The quantitative estimate of drug-likeness (QED) is 0.677. The fourth-order valence-corrected chi connectivity index (χ4v) is 1.29. The van der Waals surface area contributed by atoms with E-state index in [-0.39, 0.29) is 4.83 Å². The Kier molecular flexibility index (Phi) is 4.39. The fourth-order valence-electron chi connectivity index (χ4n) is 0.800. The molecule has 0 radical (unpaired) electrons. The van der Waals surface area contributed by atoms with Gasteiger partial charge in [-0.3, -0.25) is 4.90 Å². The highest BCUT2D eigenvalue weighted by molar-refractivity contribution is 9.09. The first-order valence-electron chi connectivity index (χ1n) is 3.20. The van der Waals surface area contributed by atoms with E-state index in [0.29, 0.717) is 6.54 Å². The van der Waals surface area contributed by atoms with Crippen molar-refractivity contribution in [2.75, 3.05) is 20.1 Å². The van der Waals surface area contributed by atoms with E-state index in [1.54, 1.807) is 0 Å². The van der Waals surface area contributed by atoms with Crippen LogP contribution in [-0.2, 0) is 0 Å². The maximum atomic E-state index is 11.7. The van der Waals surface area contributed by atoms with Gasteiger partial charge in [-0.25, -0.2) is 0 Å². The van der Waals surface area contributed by atoms with E-state index in [1.165, 1.54) is 11.9 Å². The third kappa shape index (κ3) is 8.13. The largest absolute Gasteiger partial charge is 0.401 e. The maximum Gasteiger partial charge on any atom is 0.401 e. The minimum absolute atomic E-state index is 0.0925. The SMILES string of the molecule is CC(Br)CN(C)CC(F)(F)F. The van der Waals surface area contributed by atoms with Gasteiger partial charge in [-0.2, -0.15) is 13.2 Å². The highest BCUT2D eigenvalue weighted by atomic mass is 79.9. The Labute approximate surface area is 72.7 Å². The molecule has 1 nitrogen and oxygen atoms in total. The van der Waals surface area contributed by atoms with E-state index in [0.717, 1.165) is 0 Å². The average molecular weight is 234 g/mol. The van der Waals surface area contributed by atoms with Gasteiger partial charge >= 0.3 is 6.18 Å². The monoisotopic (exact) mass is 233 g/mol. The highest BCUT2D eigenvalue weighted by Crippen LogP contribution is 2.16. The van der Waals surface area contributed by atoms with Crippen LogP contribution in [-0.4, -0.2) is 36.0 Å². The van der Waals surface area contributed by atoms with Gasteiger partial charge in [0.1, 0.15) is 0 Å². The number of hydrogen-bond donors (Lipinski definition) is 0. The third-order valence-electron chi connectivity index (χ3n) is 1.01. The molecule has 0 N–H and O–H groups in total. The van der Waals surface area contributed by atoms with E-state index >= 15 is 0 Å². The van der Waals surface area contributed by atoms with Crippen LogP contribution in [0.1, 0.15) is 6.92 Å². The minimum atomic E-state index is -4.09. The zero-order chi connectivity index (χ0) is 9.07. The molecule has 0 spiro atoms. The van der Waals surface area contributed by atoms with Crippen molar-refractivity contribution in [3.63, 3.8) is 0 Å². The van der Waals surface area contributed by atoms with Crippen LogP contribution in [0.5, 0.6) is 0 Å². The van der Waals surface area contributed by atoms with E-state index in [2.05, 4.69) is 15.9 Å². The Balaban J connectivity index is 3.61. The molecule has 0 amide bonds. The summed E-state index contributed by atoms with van der Waals surface area (Å²) < 4.78 is 35.1. The Morgan fingerprint density at radius 1 is 1.45 bits per heavy atom. The molecule has 0 aliphatic rings. The summed E-state index contributed by atoms with van der Waals surface area (Å²) in [6, 6.07) is 0. The number of rotatable bonds is 3. The van der Waals surface area contributed by atoms with Gasteiger partial charge in [0.15, 0.2) is 0 Å². The first kappa shape index (κ1) is 11.2. The summed E-state index contributed by atoms with van der Waals surface area (Å²) in [6.45, 7) is 1.37. The zero-order valence-corrected chi connectivity index (χ0v) is 8.04. The van der Waals surface area contributed by atoms with Gasteiger partial charge in [0.2, 0.25) is 0 Å². The molecule has 0 bridgehead atoms. The Bertz CT molecular complexity index is 113. The van der Waals surface area contributed by atoms with Crippen molar-refractivity contribution in [1.29, 1.82) is 0 Å². The highest BCUT2D eigenvalue weighted by Gasteiger charge is 2.29. The maximum absolute atomic E-state index is 11.7. The number of hydrogen-bond acceptors (Lipinski definition) is 1. The molecule has 11 heavy (non-hydrogen) atoms. The Hall–Kier alpha value is 0.230. The van der Waals surface area contributed by atoms with Crippen molar-refractivity contribution < 1.29 is 13.2 Å². The molecule has 0 saturated heterocycles. The van der Waals surface area contributed by atoms with Crippen molar-refractivity contribution in [2.45, 2.75) is 17.9 Å². The molecular weight excluding hydrogens is 223 g/mol. The summed E-state index contributed by atoms with van der Waals surface area (Å²) in [6.07, 6.45) is -4.09. The van der Waals surface area contributed by atoms with Crippen LogP contribution < -0.4 is 0 Å². The van der Waals surface area contributed by atoms with Crippen LogP contribution in [0.4, 0.5) is 13.2 Å². The molecule has 0 saturated carbocycles. The summed E-state index contributed by atoms with van der Waals surface area (Å²) in [7, 11) is 1.45. The number of nitrogens with zero attached hydrogens (tertiary/aromatic N) is 1. The lowest BCUT2D eigenvalue weighted by Crippen LogP contribution is -2.34. The summed E-state index contributed by atoms with van der Waals surface area (Å²) in [5.41, 5.74) is 0. The van der Waals surface area contributed by atoms with E-state index < -0.39 is 12.7 Å². The van der Waals surface area contributed by atoms with Crippen molar-refractivity contribution in [3.8, 4) is 0 Å². The van der Waals surface area contributed by atoms with E-state index in [4.69, 9.17) is 0 Å². The molecular formula is C6H11BrF3N. The van der Waals surface area contributed by atoms with Crippen molar-refractivity contribution in [2.24, 2.45) is 0 Å². The molecule has 0 aromatic carbocycles. The van der Waals surface area contributed by atoms with Gasteiger partial charge in [-0.1, -0.05) is 22.9 Å². The van der Waals surface area contributed by atoms with Crippen LogP contribution in [0.2, 0.25) is 0 Å². The molecule has 0 rings (SSSR count). The summed E-state index contributed by atoms with van der Waals surface area (Å²) in [4.78, 5) is 1.33.